The molecule has 8 heteroatoms. The fourth-order valence-electron chi connectivity index (χ4n) is 3.12. The molecule has 2 unspecified atom stereocenters. The molecule has 124 valence electrons. The molecule has 2 heterocycles. The average Bonchev–Trinajstić information content (AvgIpc) is 3.08. The first-order valence-electron chi connectivity index (χ1n) is 7.31. The van der Waals surface area contributed by atoms with Crippen LogP contribution in [0, 0.1) is 0 Å². The van der Waals surface area contributed by atoms with Gasteiger partial charge in [0.15, 0.2) is 0 Å². The van der Waals surface area contributed by atoms with Crippen molar-refractivity contribution in [3.05, 3.63) is 81.1 Å². The highest BCUT2D eigenvalue weighted by atomic mass is 35.5. The molecule has 2 aromatic carbocycles. The largest absolute Gasteiger partial charge is 0.253 e. The number of thiol groups is 2. The van der Waals surface area contributed by atoms with Crippen LogP contribution in [-0.2, 0) is 0 Å². The SMILES string of the molecule is SN1NC(c2ccccc2Cl)C2=C1C(c1ccccc1Cl)NN2S. The van der Waals surface area contributed by atoms with E-state index in [1.54, 1.807) is 8.83 Å². The molecule has 2 aliphatic heterocycles. The number of halogens is 2. The van der Waals surface area contributed by atoms with E-state index in [1.165, 1.54) is 0 Å². The zero-order valence-electron chi connectivity index (χ0n) is 12.3. The molecule has 0 fully saturated rings. The quantitative estimate of drug-likeness (QED) is 0.569. The lowest BCUT2D eigenvalue weighted by molar-refractivity contribution is 0.324. The molecule has 2 N–H and O–H groups in total. The standard InChI is InChI=1S/C16H14Cl2N4S2/c17-11-7-3-1-5-9(11)13-15-16(22(24)19-13)14(20-21(15)23)10-6-2-4-8-12(10)18/h1-8,13-14,19-20,23-24H. The van der Waals surface area contributed by atoms with E-state index in [-0.39, 0.29) is 12.1 Å². The topological polar surface area (TPSA) is 30.5 Å². The molecule has 24 heavy (non-hydrogen) atoms. The normalized spacial score (nSPS) is 23.2. The lowest BCUT2D eigenvalue weighted by Gasteiger charge is -2.27. The van der Waals surface area contributed by atoms with Crippen LogP contribution in [0.4, 0.5) is 0 Å². The summed E-state index contributed by atoms with van der Waals surface area (Å²) in [4.78, 5) is 0. The van der Waals surface area contributed by atoms with Crippen molar-refractivity contribution in [3.63, 3.8) is 0 Å². The van der Waals surface area contributed by atoms with Gasteiger partial charge in [0.25, 0.3) is 0 Å². The Morgan fingerprint density at radius 3 is 1.46 bits per heavy atom. The zero-order chi connectivity index (χ0) is 16.8. The fourth-order valence-corrected chi connectivity index (χ4v) is 4.27. The fraction of sp³-hybridized carbons (Fsp3) is 0.125. The van der Waals surface area contributed by atoms with Crippen LogP contribution < -0.4 is 10.9 Å². The minimum atomic E-state index is -0.149. The third-order valence-corrected chi connectivity index (χ3v) is 5.55. The summed E-state index contributed by atoms with van der Waals surface area (Å²) in [7, 11) is 0. The molecule has 0 saturated heterocycles. The van der Waals surface area contributed by atoms with Gasteiger partial charge in [0.1, 0.15) is 0 Å². The first kappa shape index (κ1) is 16.4. The van der Waals surface area contributed by atoms with Crippen LogP contribution in [0.5, 0.6) is 0 Å². The Morgan fingerprint density at radius 1 is 0.708 bits per heavy atom. The minimum Gasteiger partial charge on any atom is -0.253 e. The maximum absolute atomic E-state index is 6.38. The Balaban J connectivity index is 1.80. The lowest BCUT2D eigenvalue weighted by Crippen LogP contribution is -2.37. The van der Waals surface area contributed by atoms with Crippen molar-refractivity contribution >= 4 is 48.8 Å². The summed E-state index contributed by atoms with van der Waals surface area (Å²) in [6, 6.07) is 15.2. The van der Waals surface area contributed by atoms with E-state index < -0.39 is 0 Å². The summed E-state index contributed by atoms with van der Waals surface area (Å²) < 4.78 is 3.42. The van der Waals surface area contributed by atoms with Gasteiger partial charge in [-0.25, -0.2) is 10.9 Å². The van der Waals surface area contributed by atoms with Crippen LogP contribution in [0.25, 0.3) is 0 Å². The lowest BCUT2D eigenvalue weighted by atomic mass is 10.0. The maximum atomic E-state index is 6.38. The zero-order valence-corrected chi connectivity index (χ0v) is 15.6. The number of hydrazine groups is 2. The van der Waals surface area contributed by atoms with Crippen molar-refractivity contribution in [1.82, 2.24) is 19.7 Å². The van der Waals surface area contributed by atoms with Crippen LogP contribution >= 0.6 is 48.8 Å². The Morgan fingerprint density at radius 2 is 1.08 bits per heavy atom. The molecule has 2 aliphatic rings. The number of hydrogen-bond donors (Lipinski definition) is 4. The van der Waals surface area contributed by atoms with E-state index in [0.717, 1.165) is 22.5 Å². The molecule has 2 atom stereocenters. The van der Waals surface area contributed by atoms with Crippen LogP contribution in [0.3, 0.4) is 0 Å². The van der Waals surface area contributed by atoms with Crippen LogP contribution in [0.2, 0.25) is 10.0 Å². The van der Waals surface area contributed by atoms with Gasteiger partial charge in [-0.15, -0.1) is 0 Å². The van der Waals surface area contributed by atoms with Gasteiger partial charge in [0, 0.05) is 10.0 Å². The molecule has 0 bridgehead atoms. The Labute approximate surface area is 161 Å². The van der Waals surface area contributed by atoms with Gasteiger partial charge in [-0.2, -0.15) is 0 Å². The second-order valence-corrected chi connectivity index (χ2v) is 7.18. The second-order valence-electron chi connectivity index (χ2n) is 5.56. The third-order valence-electron chi connectivity index (χ3n) is 4.20. The van der Waals surface area contributed by atoms with Crippen molar-refractivity contribution < 1.29 is 0 Å². The van der Waals surface area contributed by atoms with E-state index in [1.807, 2.05) is 48.5 Å². The van der Waals surface area contributed by atoms with Crippen molar-refractivity contribution in [3.8, 4) is 0 Å². The summed E-state index contributed by atoms with van der Waals surface area (Å²) >= 11 is 21.9. The Kier molecular flexibility index (Phi) is 4.36. The van der Waals surface area contributed by atoms with Crippen molar-refractivity contribution in [2.45, 2.75) is 12.1 Å². The van der Waals surface area contributed by atoms with Crippen molar-refractivity contribution in [2.24, 2.45) is 0 Å². The first-order chi connectivity index (χ1) is 11.6. The van der Waals surface area contributed by atoms with E-state index in [2.05, 4.69) is 36.5 Å². The summed E-state index contributed by atoms with van der Waals surface area (Å²) in [6.45, 7) is 0. The second kappa shape index (κ2) is 6.37. The first-order valence-corrected chi connectivity index (χ1v) is 8.87. The minimum absolute atomic E-state index is 0.149. The molecule has 0 saturated carbocycles. The van der Waals surface area contributed by atoms with Crippen molar-refractivity contribution in [2.75, 3.05) is 0 Å². The Hall–Kier alpha value is -1.02. The third kappa shape index (κ3) is 2.58. The van der Waals surface area contributed by atoms with Gasteiger partial charge < -0.3 is 0 Å². The van der Waals surface area contributed by atoms with Crippen molar-refractivity contribution in [1.29, 1.82) is 0 Å². The summed E-state index contributed by atoms with van der Waals surface area (Å²) in [5.41, 5.74) is 10.5. The molecular formula is C16H14Cl2N4S2. The van der Waals surface area contributed by atoms with Gasteiger partial charge in [0.05, 0.1) is 23.5 Å². The smallest absolute Gasteiger partial charge is 0.0978 e. The average molecular weight is 397 g/mol. The van der Waals surface area contributed by atoms with Gasteiger partial charge in [0.2, 0.25) is 0 Å². The molecule has 4 rings (SSSR count). The molecule has 0 amide bonds. The van der Waals surface area contributed by atoms with E-state index >= 15 is 0 Å². The molecule has 0 radical (unpaired) electrons. The van der Waals surface area contributed by atoms with Gasteiger partial charge in [-0.3, -0.25) is 8.83 Å². The highest BCUT2D eigenvalue weighted by molar-refractivity contribution is 7.78. The van der Waals surface area contributed by atoms with Gasteiger partial charge in [-0.1, -0.05) is 59.6 Å². The Bertz CT molecular complexity index is 762. The number of rotatable bonds is 2. The molecular weight excluding hydrogens is 383 g/mol. The molecule has 4 nitrogen and oxygen atoms in total. The van der Waals surface area contributed by atoms with Crippen LogP contribution in [-0.4, -0.2) is 8.83 Å². The number of hydrogen-bond acceptors (Lipinski definition) is 6. The molecule has 0 spiro atoms. The highest BCUT2D eigenvalue weighted by Crippen LogP contribution is 2.47. The maximum Gasteiger partial charge on any atom is 0.0978 e. The summed E-state index contributed by atoms with van der Waals surface area (Å²) in [6.07, 6.45) is 0. The van der Waals surface area contributed by atoms with Crippen LogP contribution in [0.1, 0.15) is 23.2 Å². The molecule has 0 aliphatic carbocycles. The van der Waals surface area contributed by atoms with Gasteiger partial charge >= 0.3 is 0 Å². The van der Waals surface area contributed by atoms with Crippen LogP contribution in [0.15, 0.2) is 59.9 Å². The summed E-state index contributed by atoms with van der Waals surface area (Å²) in [5, 5.41) is 1.38. The van der Waals surface area contributed by atoms with Gasteiger partial charge in [-0.05, 0) is 48.9 Å². The predicted molar refractivity (Wildman–Crippen MR) is 103 cm³/mol. The number of benzene rings is 2. The highest BCUT2D eigenvalue weighted by Gasteiger charge is 2.44. The predicted octanol–water partition coefficient (Wildman–Crippen LogP) is 4.32. The monoisotopic (exact) mass is 396 g/mol. The molecule has 0 aromatic heterocycles. The number of nitrogens with one attached hydrogen (secondary N) is 2. The number of nitrogens with zero attached hydrogens (tertiary/aromatic N) is 2. The van der Waals surface area contributed by atoms with E-state index in [9.17, 15) is 0 Å². The van der Waals surface area contributed by atoms with E-state index in [4.69, 9.17) is 23.2 Å². The van der Waals surface area contributed by atoms with E-state index in [0.29, 0.717) is 10.0 Å². The molecule has 2 aromatic rings. The summed E-state index contributed by atoms with van der Waals surface area (Å²) in [5.74, 6) is 0.